The van der Waals surface area contributed by atoms with E-state index in [-0.39, 0.29) is 17.9 Å². The van der Waals surface area contributed by atoms with Gasteiger partial charge in [0.25, 0.3) is 5.91 Å². The average Bonchev–Trinajstić information content (AvgIpc) is 3.10. The molecule has 2 atom stereocenters. The second-order valence-corrected chi connectivity index (χ2v) is 5.50. The van der Waals surface area contributed by atoms with E-state index >= 15 is 0 Å². The molecule has 0 aromatic heterocycles. The van der Waals surface area contributed by atoms with E-state index in [0.717, 1.165) is 17.7 Å². The molecule has 0 saturated carbocycles. The first-order chi connectivity index (χ1) is 10.1. The van der Waals surface area contributed by atoms with Gasteiger partial charge in [-0.2, -0.15) is 0 Å². The lowest BCUT2D eigenvalue weighted by molar-refractivity contribution is -0.124. The molecule has 3 N–H and O–H groups in total. The molecule has 0 bridgehead atoms. The van der Waals surface area contributed by atoms with Crippen LogP contribution in [0.2, 0.25) is 0 Å². The third-order valence-corrected chi connectivity index (χ3v) is 4.08. The average molecular weight is 289 g/mol. The van der Waals surface area contributed by atoms with E-state index in [1.807, 2.05) is 12.1 Å². The summed E-state index contributed by atoms with van der Waals surface area (Å²) in [6.45, 7) is 1.06. The molecule has 0 radical (unpaired) electrons. The van der Waals surface area contributed by atoms with Crippen molar-refractivity contribution >= 4 is 11.8 Å². The number of amides is 2. The van der Waals surface area contributed by atoms with Crippen molar-refractivity contribution in [1.82, 2.24) is 10.2 Å². The quantitative estimate of drug-likeness (QED) is 0.797. The van der Waals surface area contributed by atoms with Crippen LogP contribution in [0.1, 0.15) is 22.3 Å². The summed E-state index contributed by atoms with van der Waals surface area (Å²) >= 11 is 0. The maximum absolute atomic E-state index is 12.7. The number of ether oxygens (including phenoxy) is 1. The van der Waals surface area contributed by atoms with Crippen molar-refractivity contribution in [2.45, 2.75) is 24.9 Å². The number of nitrogens with zero attached hydrogens (tertiary/aromatic N) is 1. The zero-order valence-corrected chi connectivity index (χ0v) is 12.0. The van der Waals surface area contributed by atoms with Crippen molar-refractivity contribution in [3.63, 3.8) is 0 Å². The van der Waals surface area contributed by atoms with Crippen molar-refractivity contribution in [2.75, 3.05) is 20.2 Å². The van der Waals surface area contributed by atoms with Gasteiger partial charge in [-0.25, -0.2) is 0 Å². The van der Waals surface area contributed by atoms with Gasteiger partial charge in [0, 0.05) is 31.6 Å². The molecule has 1 aromatic rings. The van der Waals surface area contributed by atoms with Gasteiger partial charge in [0.15, 0.2) is 0 Å². The SMILES string of the molecule is CNC(=O)[C@@H]1C[C@@H](N)CN1C(=O)c1ccc2c(c1)CCO2. The number of nitrogens with one attached hydrogen (secondary N) is 1. The minimum absolute atomic E-state index is 0.147. The summed E-state index contributed by atoms with van der Waals surface area (Å²) in [5.41, 5.74) is 7.55. The van der Waals surface area contributed by atoms with Gasteiger partial charge in [-0.1, -0.05) is 0 Å². The van der Waals surface area contributed by atoms with E-state index in [1.54, 1.807) is 18.0 Å². The van der Waals surface area contributed by atoms with E-state index in [2.05, 4.69) is 5.32 Å². The summed E-state index contributed by atoms with van der Waals surface area (Å²) in [6.07, 6.45) is 1.31. The highest BCUT2D eigenvalue weighted by Gasteiger charge is 2.38. The maximum Gasteiger partial charge on any atom is 0.254 e. The summed E-state index contributed by atoms with van der Waals surface area (Å²) in [5, 5.41) is 2.60. The van der Waals surface area contributed by atoms with Gasteiger partial charge in [0.1, 0.15) is 11.8 Å². The Hall–Kier alpha value is -2.08. The first-order valence-electron chi connectivity index (χ1n) is 7.14. The molecule has 2 amide bonds. The van der Waals surface area contributed by atoms with Crippen LogP contribution in [0.25, 0.3) is 0 Å². The van der Waals surface area contributed by atoms with Crippen LogP contribution >= 0.6 is 0 Å². The second kappa shape index (κ2) is 5.37. The fraction of sp³-hybridized carbons (Fsp3) is 0.467. The smallest absolute Gasteiger partial charge is 0.254 e. The minimum Gasteiger partial charge on any atom is -0.493 e. The molecular weight excluding hydrogens is 270 g/mol. The van der Waals surface area contributed by atoms with Gasteiger partial charge in [-0.15, -0.1) is 0 Å². The van der Waals surface area contributed by atoms with Gasteiger partial charge >= 0.3 is 0 Å². The first kappa shape index (κ1) is 13.9. The molecule has 1 aromatic carbocycles. The van der Waals surface area contributed by atoms with E-state index in [9.17, 15) is 9.59 Å². The van der Waals surface area contributed by atoms with Crippen LogP contribution in [-0.2, 0) is 11.2 Å². The fourth-order valence-electron chi connectivity index (χ4n) is 2.99. The number of rotatable bonds is 2. The van der Waals surface area contributed by atoms with Crippen LogP contribution in [0, 0.1) is 0 Å². The van der Waals surface area contributed by atoms with Crippen LogP contribution in [0.5, 0.6) is 5.75 Å². The predicted octanol–water partition coefficient (Wildman–Crippen LogP) is -0.0907. The lowest BCUT2D eigenvalue weighted by Crippen LogP contribution is -2.45. The molecule has 6 heteroatoms. The monoisotopic (exact) mass is 289 g/mol. The number of carbonyl (C=O) groups excluding carboxylic acids is 2. The van der Waals surface area contributed by atoms with E-state index < -0.39 is 6.04 Å². The van der Waals surface area contributed by atoms with Crippen molar-refractivity contribution in [3.8, 4) is 5.75 Å². The maximum atomic E-state index is 12.7. The number of carbonyl (C=O) groups is 2. The normalized spacial score (nSPS) is 23.6. The van der Waals surface area contributed by atoms with Crippen LogP contribution in [0.3, 0.4) is 0 Å². The molecule has 2 aliphatic rings. The molecule has 6 nitrogen and oxygen atoms in total. The first-order valence-corrected chi connectivity index (χ1v) is 7.14. The highest BCUT2D eigenvalue weighted by molar-refractivity contribution is 5.98. The highest BCUT2D eigenvalue weighted by Crippen LogP contribution is 2.27. The van der Waals surface area contributed by atoms with Crippen LogP contribution < -0.4 is 15.8 Å². The molecule has 2 heterocycles. The Morgan fingerprint density at radius 1 is 1.43 bits per heavy atom. The van der Waals surface area contributed by atoms with Gasteiger partial charge in [-0.3, -0.25) is 9.59 Å². The molecular formula is C15H19N3O3. The fourth-order valence-corrected chi connectivity index (χ4v) is 2.99. The lowest BCUT2D eigenvalue weighted by atomic mass is 10.1. The topological polar surface area (TPSA) is 84.7 Å². The third-order valence-electron chi connectivity index (χ3n) is 4.08. The molecule has 1 fully saturated rings. The molecule has 0 spiro atoms. The number of fused-ring (bicyclic) bond motifs is 1. The zero-order valence-electron chi connectivity index (χ0n) is 12.0. The zero-order chi connectivity index (χ0) is 15.0. The van der Waals surface area contributed by atoms with E-state index in [0.29, 0.717) is 25.1 Å². The Morgan fingerprint density at radius 2 is 2.24 bits per heavy atom. The Labute approximate surface area is 123 Å². The predicted molar refractivity (Wildman–Crippen MR) is 77.1 cm³/mol. The number of hydrogen-bond donors (Lipinski definition) is 2. The number of nitrogens with two attached hydrogens (primary N) is 1. The lowest BCUT2D eigenvalue weighted by Gasteiger charge is -2.23. The largest absolute Gasteiger partial charge is 0.493 e. The number of hydrogen-bond acceptors (Lipinski definition) is 4. The summed E-state index contributed by atoms with van der Waals surface area (Å²) in [6, 6.07) is 4.78. The molecule has 1 saturated heterocycles. The Balaban J connectivity index is 1.85. The highest BCUT2D eigenvalue weighted by atomic mass is 16.5. The van der Waals surface area contributed by atoms with Gasteiger partial charge in [0.05, 0.1) is 6.61 Å². The Morgan fingerprint density at radius 3 is 3.00 bits per heavy atom. The van der Waals surface area contributed by atoms with E-state index in [4.69, 9.17) is 10.5 Å². The third kappa shape index (κ3) is 2.47. The summed E-state index contributed by atoms with van der Waals surface area (Å²) < 4.78 is 5.44. The number of likely N-dealkylation sites (tertiary alicyclic amines) is 1. The van der Waals surface area contributed by atoms with Gasteiger partial charge < -0.3 is 20.7 Å². The Kier molecular flexibility index (Phi) is 3.55. The molecule has 112 valence electrons. The molecule has 21 heavy (non-hydrogen) atoms. The number of likely N-dealkylation sites (N-methyl/N-ethyl adjacent to an activating group) is 1. The van der Waals surface area contributed by atoms with Crippen molar-refractivity contribution in [1.29, 1.82) is 0 Å². The minimum atomic E-state index is -0.484. The summed E-state index contributed by atoms with van der Waals surface area (Å²) in [5.74, 6) is 0.527. The van der Waals surface area contributed by atoms with E-state index in [1.165, 1.54) is 0 Å². The standard InChI is InChI=1S/C15H19N3O3/c1-17-14(19)12-7-11(16)8-18(12)15(20)10-2-3-13-9(6-10)4-5-21-13/h2-3,6,11-12H,4-5,7-8,16H2,1H3,(H,17,19)/t11-,12+/m1/s1. The molecule has 0 aliphatic carbocycles. The van der Waals surface area contributed by atoms with Crippen molar-refractivity contribution in [3.05, 3.63) is 29.3 Å². The van der Waals surface area contributed by atoms with Crippen molar-refractivity contribution in [2.24, 2.45) is 5.73 Å². The second-order valence-electron chi connectivity index (χ2n) is 5.50. The number of benzene rings is 1. The summed E-state index contributed by atoms with van der Waals surface area (Å²) in [4.78, 5) is 26.2. The Bertz CT molecular complexity index is 588. The van der Waals surface area contributed by atoms with Crippen molar-refractivity contribution < 1.29 is 14.3 Å². The van der Waals surface area contributed by atoms with Gasteiger partial charge in [-0.05, 0) is 30.2 Å². The van der Waals surface area contributed by atoms with Gasteiger partial charge in [0.2, 0.25) is 5.91 Å². The van der Waals surface area contributed by atoms with Crippen LogP contribution in [0.4, 0.5) is 0 Å². The molecule has 0 unspecified atom stereocenters. The summed E-state index contributed by atoms with van der Waals surface area (Å²) in [7, 11) is 1.57. The van der Waals surface area contributed by atoms with Crippen LogP contribution in [-0.4, -0.2) is 49.0 Å². The molecule has 2 aliphatic heterocycles. The van der Waals surface area contributed by atoms with Crippen LogP contribution in [0.15, 0.2) is 18.2 Å². The molecule has 3 rings (SSSR count).